The number of nitrogens with one attached hydrogen (secondary N) is 1. The molecule has 3 aliphatic carbocycles. The van der Waals surface area contributed by atoms with Crippen LogP contribution >= 0.6 is 0 Å². The molecule has 2 unspecified atom stereocenters. The first-order valence-corrected chi connectivity index (χ1v) is 13.1. The third-order valence-electron chi connectivity index (χ3n) is 8.64. The number of aromatic nitrogens is 4. The average molecular weight is 498 g/mol. The van der Waals surface area contributed by atoms with Crippen LogP contribution in [-0.4, -0.2) is 45.7 Å². The van der Waals surface area contributed by atoms with Crippen molar-refractivity contribution in [3.8, 4) is 22.9 Å². The summed E-state index contributed by atoms with van der Waals surface area (Å²) in [5, 5.41) is 4.19. The molecule has 0 amide bonds. The fourth-order valence-electron chi connectivity index (χ4n) is 6.56. The van der Waals surface area contributed by atoms with Crippen molar-refractivity contribution in [2.75, 3.05) is 30.4 Å². The summed E-state index contributed by atoms with van der Waals surface area (Å²) in [6.45, 7) is 1.74. The van der Waals surface area contributed by atoms with Crippen molar-refractivity contribution in [1.29, 1.82) is 0 Å². The highest BCUT2D eigenvalue weighted by Crippen LogP contribution is 2.49. The standard InChI is InChI=1S/C28H28FN7O/c1-31-23-9-16(29)8-20-19(23)10-24-25(20)27(35-12-15-7-22(30)21(15)13-35)34-28(33-24)37-18-6-14-4-5-36(17-2-3-17)26(14)32-11-18/h4-6,8-9,11,15,17,21-22,31H,2-3,7,10,12-13,30H2,1H3/t15?,21?,22-/m1/s1. The van der Waals surface area contributed by atoms with E-state index in [1.165, 1.54) is 12.8 Å². The highest BCUT2D eigenvalue weighted by Gasteiger charge is 2.46. The first-order valence-electron chi connectivity index (χ1n) is 13.1. The number of pyridine rings is 1. The zero-order chi connectivity index (χ0) is 24.8. The van der Waals surface area contributed by atoms with E-state index in [9.17, 15) is 4.39 Å². The van der Waals surface area contributed by atoms with Crippen molar-refractivity contribution < 1.29 is 9.13 Å². The quantitative estimate of drug-likeness (QED) is 0.370. The van der Waals surface area contributed by atoms with Gasteiger partial charge in [0.05, 0.1) is 11.9 Å². The van der Waals surface area contributed by atoms with E-state index >= 15 is 0 Å². The Hall–Kier alpha value is -3.72. The van der Waals surface area contributed by atoms with Crippen molar-refractivity contribution in [2.24, 2.45) is 17.6 Å². The van der Waals surface area contributed by atoms with Gasteiger partial charge in [0.25, 0.3) is 0 Å². The molecule has 4 aliphatic rings. The molecule has 3 atom stereocenters. The number of rotatable bonds is 5. The third-order valence-corrected chi connectivity index (χ3v) is 8.64. The Morgan fingerprint density at radius 3 is 2.84 bits per heavy atom. The molecule has 3 N–H and O–H groups in total. The van der Waals surface area contributed by atoms with Crippen LogP contribution in [0.5, 0.6) is 11.8 Å². The molecular formula is C28H28FN7O. The Bertz CT molecular complexity index is 1580. The minimum absolute atomic E-state index is 0.238. The van der Waals surface area contributed by atoms with Gasteiger partial charge in [-0.25, -0.2) is 9.37 Å². The molecule has 9 heteroatoms. The third kappa shape index (κ3) is 3.26. The molecule has 0 spiro atoms. The Kier molecular flexibility index (Phi) is 4.42. The monoisotopic (exact) mass is 497 g/mol. The van der Waals surface area contributed by atoms with Crippen LogP contribution in [0.4, 0.5) is 15.9 Å². The van der Waals surface area contributed by atoms with Crippen LogP contribution in [0, 0.1) is 17.7 Å². The number of ether oxygens (including phenoxy) is 1. The van der Waals surface area contributed by atoms with E-state index in [0.717, 1.165) is 64.4 Å². The van der Waals surface area contributed by atoms with E-state index < -0.39 is 0 Å². The van der Waals surface area contributed by atoms with Crippen LogP contribution in [-0.2, 0) is 6.42 Å². The molecule has 1 aliphatic heterocycles. The Morgan fingerprint density at radius 1 is 1.16 bits per heavy atom. The summed E-state index contributed by atoms with van der Waals surface area (Å²) in [5.41, 5.74) is 11.7. The van der Waals surface area contributed by atoms with Crippen molar-refractivity contribution in [1.82, 2.24) is 19.5 Å². The number of anilines is 2. The Balaban J connectivity index is 1.21. The Morgan fingerprint density at radius 2 is 2.05 bits per heavy atom. The van der Waals surface area contributed by atoms with Gasteiger partial charge in [-0.2, -0.15) is 9.97 Å². The summed E-state index contributed by atoms with van der Waals surface area (Å²) >= 11 is 0. The number of nitrogens with two attached hydrogens (primary N) is 1. The van der Waals surface area contributed by atoms with E-state index in [0.29, 0.717) is 36.1 Å². The predicted octanol–water partition coefficient (Wildman–Crippen LogP) is 4.49. The van der Waals surface area contributed by atoms with Gasteiger partial charge < -0.3 is 25.3 Å². The normalized spacial score (nSPS) is 23.5. The van der Waals surface area contributed by atoms with Gasteiger partial charge in [-0.05, 0) is 66.5 Å². The predicted molar refractivity (Wildman–Crippen MR) is 140 cm³/mol. The highest BCUT2D eigenvalue weighted by molar-refractivity contribution is 5.88. The van der Waals surface area contributed by atoms with Gasteiger partial charge in [0.2, 0.25) is 0 Å². The number of hydrogen-bond acceptors (Lipinski definition) is 7. The fraction of sp³-hybridized carbons (Fsp3) is 0.393. The molecule has 0 bridgehead atoms. The van der Waals surface area contributed by atoms with Crippen molar-refractivity contribution in [3.63, 3.8) is 0 Å². The lowest BCUT2D eigenvalue weighted by atomic mass is 9.72. The smallest absolute Gasteiger partial charge is 0.324 e. The van der Waals surface area contributed by atoms with E-state index in [-0.39, 0.29) is 11.9 Å². The zero-order valence-electron chi connectivity index (χ0n) is 20.6. The maximum absolute atomic E-state index is 14.6. The summed E-state index contributed by atoms with van der Waals surface area (Å²) in [6, 6.07) is 8.32. The maximum Gasteiger partial charge on any atom is 0.324 e. The molecular weight excluding hydrogens is 469 g/mol. The van der Waals surface area contributed by atoms with Crippen LogP contribution < -0.4 is 20.7 Å². The van der Waals surface area contributed by atoms with Crippen LogP contribution in [0.3, 0.4) is 0 Å². The van der Waals surface area contributed by atoms with Gasteiger partial charge in [-0.15, -0.1) is 0 Å². The SMILES string of the molecule is CNc1cc(F)cc2c1Cc1nc(Oc3cnc4c(ccn4C4CC4)c3)nc(N3CC4C[C@@H](N)C4C3)c1-2. The van der Waals surface area contributed by atoms with Crippen molar-refractivity contribution in [2.45, 2.75) is 37.8 Å². The average Bonchev–Trinajstić information content (AvgIpc) is 3.39. The molecule has 0 radical (unpaired) electrons. The Labute approximate surface area is 213 Å². The van der Waals surface area contributed by atoms with Crippen LogP contribution in [0.25, 0.3) is 22.2 Å². The van der Waals surface area contributed by atoms with Gasteiger partial charge in [-0.1, -0.05) is 0 Å². The minimum atomic E-state index is -0.275. The summed E-state index contributed by atoms with van der Waals surface area (Å²) in [6.07, 6.45) is 7.90. The van der Waals surface area contributed by atoms with Crippen LogP contribution in [0.1, 0.15) is 36.6 Å². The zero-order valence-corrected chi connectivity index (χ0v) is 20.6. The van der Waals surface area contributed by atoms with Crippen molar-refractivity contribution in [3.05, 3.63) is 53.7 Å². The van der Waals surface area contributed by atoms with E-state index in [1.807, 2.05) is 13.1 Å². The molecule has 3 fully saturated rings. The second kappa shape index (κ2) is 7.64. The second-order valence-corrected chi connectivity index (χ2v) is 10.9. The molecule has 188 valence electrons. The largest absolute Gasteiger partial charge is 0.423 e. The van der Waals surface area contributed by atoms with Gasteiger partial charge in [0.15, 0.2) is 0 Å². The van der Waals surface area contributed by atoms with Gasteiger partial charge in [0, 0.05) is 61.5 Å². The molecule has 4 heterocycles. The van der Waals surface area contributed by atoms with Crippen LogP contribution in [0.15, 0.2) is 36.7 Å². The molecule has 4 aromatic rings. The molecule has 1 aromatic carbocycles. The summed E-state index contributed by atoms with van der Waals surface area (Å²) < 4.78 is 23.1. The van der Waals surface area contributed by atoms with Gasteiger partial charge >= 0.3 is 6.01 Å². The number of halogens is 1. The topological polar surface area (TPSA) is 94.1 Å². The lowest BCUT2D eigenvalue weighted by molar-refractivity contribution is 0.194. The maximum atomic E-state index is 14.6. The lowest BCUT2D eigenvalue weighted by Crippen LogP contribution is -2.46. The van der Waals surface area contributed by atoms with Gasteiger partial charge in [0.1, 0.15) is 23.0 Å². The first kappa shape index (κ1) is 21.4. The fourth-order valence-corrected chi connectivity index (χ4v) is 6.56. The number of benzene rings is 1. The molecule has 3 aromatic heterocycles. The van der Waals surface area contributed by atoms with Crippen LogP contribution in [0.2, 0.25) is 0 Å². The van der Waals surface area contributed by atoms with E-state index in [2.05, 4.69) is 32.0 Å². The summed E-state index contributed by atoms with van der Waals surface area (Å²) in [5.74, 6) is 2.19. The lowest BCUT2D eigenvalue weighted by Gasteiger charge is -2.36. The van der Waals surface area contributed by atoms with Gasteiger partial charge in [-0.3, -0.25) is 0 Å². The molecule has 8 rings (SSSR count). The minimum Gasteiger partial charge on any atom is -0.423 e. The second-order valence-electron chi connectivity index (χ2n) is 10.9. The first-order chi connectivity index (χ1) is 18.1. The molecule has 8 nitrogen and oxygen atoms in total. The summed E-state index contributed by atoms with van der Waals surface area (Å²) in [4.78, 5) is 16.7. The highest BCUT2D eigenvalue weighted by atomic mass is 19.1. The number of nitrogens with zero attached hydrogens (tertiary/aromatic N) is 5. The van der Waals surface area contributed by atoms with E-state index in [1.54, 1.807) is 18.3 Å². The van der Waals surface area contributed by atoms with Crippen molar-refractivity contribution >= 4 is 22.5 Å². The number of hydrogen-bond donors (Lipinski definition) is 2. The van der Waals surface area contributed by atoms with E-state index in [4.69, 9.17) is 20.4 Å². The molecule has 1 saturated heterocycles. The molecule has 37 heavy (non-hydrogen) atoms. The molecule has 2 saturated carbocycles. The summed E-state index contributed by atoms with van der Waals surface area (Å²) in [7, 11) is 1.82. The number of fused-ring (bicyclic) bond motifs is 5.